The van der Waals surface area contributed by atoms with Crippen LogP contribution in [0.1, 0.15) is 316 Å². The number of carbonyl (C=O) groups is 2. The third kappa shape index (κ3) is 59.6. The van der Waals surface area contributed by atoms with Crippen molar-refractivity contribution < 1.29 is 42.1 Å². The van der Waals surface area contributed by atoms with Crippen LogP contribution in [0.3, 0.4) is 0 Å². The van der Waals surface area contributed by atoms with Crippen LogP contribution in [-0.2, 0) is 32.7 Å². The van der Waals surface area contributed by atoms with E-state index < -0.39 is 26.5 Å². The van der Waals surface area contributed by atoms with Crippen LogP contribution in [-0.4, -0.2) is 74.9 Å². The van der Waals surface area contributed by atoms with Gasteiger partial charge in [-0.3, -0.25) is 18.6 Å². The van der Waals surface area contributed by atoms with Gasteiger partial charge in [0.25, 0.3) is 0 Å². The molecular weight excluding hydrogens is 930 g/mol. The Bertz CT molecular complexity index is 1280. The zero-order valence-electron chi connectivity index (χ0n) is 49.1. The molecule has 0 saturated heterocycles. The van der Waals surface area contributed by atoms with E-state index in [9.17, 15) is 19.0 Å². The van der Waals surface area contributed by atoms with Gasteiger partial charge in [-0.15, -0.1) is 0 Å². The summed E-state index contributed by atoms with van der Waals surface area (Å²) in [7, 11) is 1.49. The van der Waals surface area contributed by atoms with E-state index in [1.54, 1.807) is 0 Å². The smallest absolute Gasteiger partial charge is 0.462 e. The SMILES string of the molecule is CCCCC/C=C\CCCCCCCC(=O)OCC(COP(=O)(O)OCC[N+](C)(C)C)OC(=O)CCCCCCCCCCCCCCCCCCCCCCCCCCC/C=C\CCCCCCCCCC. The summed E-state index contributed by atoms with van der Waals surface area (Å²) in [5.74, 6) is -0.794. The Kier molecular flexibility index (Phi) is 54.1. The van der Waals surface area contributed by atoms with Gasteiger partial charge in [-0.05, 0) is 64.2 Å². The summed E-state index contributed by atoms with van der Waals surface area (Å²) in [6.45, 7) is 4.44. The van der Waals surface area contributed by atoms with Gasteiger partial charge in [0.15, 0.2) is 6.10 Å². The molecule has 0 amide bonds. The molecule has 0 radical (unpaired) electrons. The quantitative estimate of drug-likeness (QED) is 0.0211. The van der Waals surface area contributed by atoms with Gasteiger partial charge in [0.05, 0.1) is 27.7 Å². The van der Waals surface area contributed by atoms with Crippen molar-refractivity contribution in [2.75, 3.05) is 47.5 Å². The van der Waals surface area contributed by atoms with Crippen LogP contribution in [0.2, 0.25) is 0 Å². The second-order valence-corrected chi connectivity index (χ2v) is 24.2. The molecule has 0 bridgehead atoms. The fourth-order valence-corrected chi connectivity index (χ4v) is 10.0. The van der Waals surface area contributed by atoms with E-state index in [4.69, 9.17) is 18.5 Å². The molecule has 0 aliphatic carbocycles. The van der Waals surface area contributed by atoms with Gasteiger partial charge in [0.1, 0.15) is 19.8 Å². The molecular formula is C63H123NO8P+. The number of unbranched alkanes of at least 4 members (excludes halogenated alkanes) is 41. The highest BCUT2D eigenvalue weighted by molar-refractivity contribution is 7.47. The third-order valence-electron chi connectivity index (χ3n) is 14.2. The number of likely N-dealkylation sites (N-methyl/N-ethyl adjacent to an activating group) is 1. The maximum atomic E-state index is 12.8. The predicted molar refractivity (Wildman–Crippen MR) is 312 cm³/mol. The molecule has 73 heavy (non-hydrogen) atoms. The number of nitrogens with zero attached hydrogens (tertiary/aromatic N) is 1. The van der Waals surface area contributed by atoms with Gasteiger partial charge in [-0.1, -0.05) is 263 Å². The molecule has 2 atom stereocenters. The summed E-state index contributed by atoms with van der Waals surface area (Å²) in [6, 6.07) is 0. The summed E-state index contributed by atoms with van der Waals surface area (Å²) < 4.78 is 34.5. The van der Waals surface area contributed by atoms with E-state index in [1.165, 1.54) is 231 Å². The number of hydrogen-bond donors (Lipinski definition) is 1. The first-order valence-corrected chi connectivity index (χ1v) is 33.1. The minimum absolute atomic E-state index is 0.0332. The van der Waals surface area contributed by atoms with Gasteiger partial charge in [-0.25, -0.2) is 4.57 Å². The van der Waals surface area contributed by atoms with Crippen LogP contribution in [0.5, 0.6) is 0 Å². The zero-order valence-corrected chi connectivity index (χ0v) is 50.0. The van der Waals surface area contributed by atoms with Gasteiger partial charge in [-0.2, -0.15) is 0 Å². The van der Waals surface area contributed by atoms with Crippen LogP contribution >= 0.6 is 7.82 Å². The van der Waals surface area contributed by atoms with Crippen molar-refractivity contribution in [1.29, 1.82) is 0 Å². The average molecular weight is 1050 g/mol. The lowest BCUT2D eigenvalue weighted by Crippen LogP contribution is -2.37. The van der Waals surface area contributed by atoms with Crippen LogP contribution in [0.4, 0.5) is 0 Å². The topological polar surface area (TPSA) is 108 Å². The van der Waals surface area contributed by atoms with E-state index in [0.29, 0.717) is 17.4 Å². The molecule has 2 unspecified atom stereocenters. The lowest BCUT2D eigenvalue weighted by molar-refractivity contribution is -0.870. The molecule has 0 fully saturated rings. The molecule has 10 heteroatoms. The van der Waals surface area contributed by atoms with Crippen LogP contribution in [0.25, 0.3) is 0 Å². The standard InChI is InChI=1S/C63H122NO8P/c1-6-8-10-12-14-16-18-20-21-22-23-24-25-26-27-28-29-30-31-32-33-34-35-36-37-38-39-40-41-42-43-44-46-48-50-52-54-56-63(66)72-61(60-71-73(67,68)70-58-57-64(3,4)5)59-69-62(65)55-53-51-49-47-45-19-17-15-13-11-9-7-2/h15,17,22-23,61H,6-14,16,18-21,24-60H2,1-5H3/p+1/b17-15-,23-22-. The largest absolute Gasteiger partial charge is 0.472 e. The van der Waals surface area contributed by atoms with E-state index in [0.717, 1.165) is 51.4 Å². The lowest BCUT2D eigenvalue weighted by atomic mass is 10.0. The molecule has 0 aromatic carbocycles. The third-order valence-corrected chi connectivity index (χ3v) is 15.2. The number of quaternary nitrogens is 1. The highest BCUT2D eigenvalue weighted by Gasteiger charge is 2.27. The van der Waals surface area contributed by atoms with Crippen molar-refractivity contribution in [3.05, 3.63) is 24.3 Å². The first-order valence-electron chi connectivity index (χ1n) is 31.6. The first-order chi connectivity index (χ1) is 35.5. The maximum Gasteiger partial charge on any atom is 0.472 e. The molecule has 0 aromatic rings. The summed E-state index contributed by atoms with van der Waals surface area (Å²) in [6.07, 6.45) is 67.2. The van der Waals surface area contributed by atoms with Crippen molar-refractivity contribution >= 4 is 19.8 Å². The highest BCUT2D eigenvalue weighted by atomic mass is 31.2. The monoisotopic (exact) mass is 1050 g/mol. The molecule has 0 aromatic heterocycles. The van der Waals surface area contributed by atoms with E-state index >= 15 is 0 Å². The fraction of sp³-hybridized carbons (Fsp3) is 0.905. The molecule has 0 spiro atoms. The molecule has 432 valence electrons. The van der Waals surface area contributed by atoms with Gasteiger partial charge < -0.3 is 18.9 Å². The van der Waals surface area contributed by atoms with Crippen LogP contribution in [0.15, 0.2) is 24.3 Å². The van der Waals surface area contributed by atoms with Gasteiger partial charge >= 0.3 is 19.8 Å². The molecule has 0 aliphatic rings. The second-order valence-electron chi connectivity index (χ2n) is 22.8. The number of carbonyl (C=O) groups excluding carboxylic acids is 2. The zero-order chi connectivity index (χ0) is 53.5. The van der Waals surface area contributed by atoms with Gasteiger partial charge in [0, 0.05) is 12.8 Å². The Balaban J connectivity index is 3.87. The number of rotatable bonds is 59. The Morgan fingerprint density at radius 2 is 0.699 bits per heavy atom. The maximum absolute atomic E-state index is 12.8. The summed E-state index contributed by atoms with van der Waals surface area (Å²) in [5, 5.41) is 0. The minimum atomic E-state index is -4.38. The molecule has 9 nitrogen and oxygen atoms in total. The summed E-state index contributed by atoms with van der Waals surface area (Å²) in [5.41, 5.74) is 0. The molecule has 0 rings (SSSR count). The normalized spacial score (nSPS) is 13.3. The lowest BCUT2D eigenvalue weighted by Gasteiger charge is -2.24. The Labute approximate surface area is 453 Å². The van der Waals surface area contributed by atoms with E-state index in [1.807, 2.05) is 21.1 Å². The highest BCUT2D eigenvalue weighted by Crippen LogP contribution is 2.43. The van der Waals surface area contributed by atoms with Crippen molar-refractivity contribution in [2.45, 2.75) is 322 Å². The predicted octanol–water partition coefficient (Wildman–Crippen LogP) is 19.8. The molecule has 0 aliphatic heterocycles. The van der Waals surface area contributed by atoms with Crippen LogP contribution in [0, 0.1) is 0 Å². The molecule has 0 saturated carbocycles. The van der Waals surface area contributed by atoms with E-state index in [-0.39, 0.29) is 32.0 Å². The van der Waals surface area contributed by atoms with Crippen molar-refractivity contribution in [3.63, 3.8) is 0 Å². The number of esters is 2. The van der Waals surface area contributed by atoms with Crippen molar-refractivity contribution in [2.24, 2.45) is 0 Å². The Morgan fingerprint density at radius 3 is 1.04 bits per heavy atom. The minimum Gasteiger partial charge on any atom is -0.462 e. The Hall–Kier alpha value is -1.51. The second kappa shape index (κ2) is 55.3. The van der Waals surface area contributed by atoms with Crippen molar-refractivity contribution in [1.82, 2.24) is 0 Å². The summed E-state index contributed by atoms with van der Waals surface area (Å²) in [4.78, 5) is 35.6. The number of ether oxygens (including phenoxy) is 2. The Morgan fingerprint density at radius 1 is 0.411 bits per heavy atom. The van der Waals surface area contributed by atoms with Crippen LogP contribution < -0.4 is 0 Å². The number of phosphoric ester groups is 1. The van der Waals surface area contributed by atoms with E-state index in [2.05, 4.69) is 38.2 Å². The average Bonchev–Trinajstić information content (AvgIpc) is 3.35. The molecule has 1 N–H and O–H groups in total. The van der Waals surface area contributed by atoms with Gasteiger partial charge in [0.2, 0.25) is 0 Å². The number of allylic oxidation sites excluding steroid dienone is 4. The first kappa shape index (κ1) is 71.5. The fourth-order valence-electron chi connectivity index (χ4n) is 9.30. The summed E-state index contributed by atoms with van der Waals surface area (Å²) >= 11 is 0. The molecule has 0 heterocycles. The number of phosphoric acid groups is 1. The number of hydrogen-bond acceptors (Lipinski definition) is 7. The van der Waals surface area contributed by atoms with Crippen molar-refractivity contribution in [3.8, 4) is 0 Å².